The Morgan fingerprint density at radius 2 is 1.81 bits per heavy atom. The van der Waals surface area contributed by atoms with Gasteiger partial charge in [0.15, 0.2) is 0 Å². The van der Waals surface area contributed by atoms with Gasteiger partial charge in [-0.2, -0.15) is 0 Å². The van der Waals surface area contributed by atoms with Crippen LogP contribution in [0.4, 0.5) is 0 Å². The summed E-state index contributed by atoms with van der Waals surface area (Å²) in [5, 5.41) is 9.21. The van der Waals surface area contributed by atoms with Gasteiger partial charge in [-0.1, -0.05) is 44.5 Å². The minimum absolute atomic E-state index is 0.197. The zero-order chi connectivity index (χ0) is 12.3. The molecule has 0 saturated carbocycles. The van der Waals surface area contributed by atoms with Gasteiger partial charge >= 0.3 is 0 Å². The van der Waals surface area contributed by atoms with Crippen LogP contribution in [-0.4, -0.2) is 11.7 Å². The third-order valence-corrected chi connectivity index (χ3v) is 3.26. The van der Waals surface area contributed by atoms with Gasteiger partial charge in [-0.25, -0.2) is 0 Å². The van der Waals surface area contributed by atoms with Crippen molar-refractivity contribution in [2.24, 2.45) is 5.41 Å². The van der Waals surface area contributed by atoms with Gasteiger partial charge in [0.05, 0.1) is 0 Å². The van der Waals surface area contributed by atoms with Gasteiger partial charge in [-0.15, -0.1) is 0 Å². The molecule has 0 aliphatic carbocycles. The summed E-state index contributed by atoms with van der Waals surface area (Å²) in [7, 11) is 0. The number of aryl methyl sites for hydroxylation is 2. The lowest BCUT2D eigenvalue weighted by molar-refractivity contribution is 0.223. The van der Waals surface area contributed by atoms with Crippen molar-refractivity contribution in [2.45, 2.75) is 47.0 Å². The van der Waals surface area contributed by atoms with E-state index in [4.69, 9.17) is 0 Å². The molecular formula is C15H24O. The van der Waals surface area contributed by atoms with Crippen molar-refractivity contribution in [2.75, 3.05) is 6.61 Å². The molecule has 0 aromatic heterocycles. The Morgan fingerprint density at radius 3 is 2.25 bits per heavy atom. The lowest BCUT2D eigenvalue weighted by Crippen LogP contribution is -2.20. The summed E-state index contributed by atoms with van der Waals surface area (Å²) in [4.78, 5) is 0. The van der Waals surface area contributed by atoms with Crippen LogP contribution in [0.1, 0.15) is 49.8 Å². The second-order valence-electron chi connectivity index (χ2n) is 5.79. The molecule has 0 fully saturated rings. The molecule has 16 heavy (non-hydrogen) atoms. The summed E-state index contributed by atoms with van der Waals surface area (Å²) in [6, 6.07) is 6.61. The normalized spacial score (nSPS) is 13.9. The first kappa shape index (κ1) is 13.2. The summed E-state index contributed by atoms with van der Waals surface area (Å²) < 4.78 is 0. The Kier molecular flexibility index (Phi) is 4.15. The molecule has 0 spiro atoms. The van der Waals surface area contributed by atoms with Gasteiger partial charge in [0, 0.05) is 6.61 Å². The van der Waals surface area contributed by atoms with Crippen molar-refractivity contribution in [1.82, 2.24) is 0 Å². The fourth-order valence-electron chi connectivity index (χ4n) is 2.40. The van der Waals surface area contributed by atoms with E-state index in [1.807, 2.05) is 0 Å². The molecule has 1 atom stereocenters. The zero-order valence-corrected chi connectivity index (χ0v) is 11.2. The van der Waals surface area contributed by atoms with E-state index in [9.17, 15) is 5.11 Å². The van der Waals surface area contributed by atoms with Crippen LogP contribution in [0, 0.1) is 19.3 Å². The molecule has 0 aliphatic heterocycles. The minimum Gasteiger partial charge on any atom is -0.396 e. The Morgan fingerprint density at radius 1 is 1.19 bits per heavy atom. The van der Waals surface area contributed by atoms with E-state index in [1.54, 1.807) is 0 Å². The average Bonchev–Trinajstić information content (AvgIpc) is 2.13. The average molecular weight is 220 g/mol. The maximum atomic E-state index is 9.21. The molecule has 1 unspecified atom stereocenters. The number of benzene rings is 1. The Hall–Kier alpha value is -0.820. The molecule has 1 aromatic carbocycles. The van der Waals surface area contributed by atoms with Crippen LogP contribution >= 0.6 is 0 Å². The van der Waals surface area contributed by atoms with Crippen LogP contribution < -0.4 is 0 Å². The first-order valence-electron chi connectivity index (χ1n) is 6.04. The predicted octanol–water partition coefficient (Wildman–Crippen LogP) is 3.82. The van der Waals surface area contributed by atoms with E-state index in [1.165, 1.54) is 16.7 Å². The molecule has 0 aliphatic rings. The third-order valence-electron chi connectivity index (χ3n) is 3.26. The van der Waals surface area contributed by atoms with Gasteiger partial charge in [-0.3, -0.25) is 0 Å². The number of aliphatic hydroxyl groups is 1. The van der Waals surface area contributed by atoms with Crippen LogP contribution in [0.2, 0.25) is 0 Å². The maximum Gasteiger partial charge on any atom is 0.0437 e. The number of hydrogen-bond donors (Lipinski definition) is 1. The van der Waals surface area contributed by atoms with Crippen molar-refractivity contribution in [1.29, 1.82) is 0 Å². The first-order chi connectivity index (χ1) is 7.36. The summed E-state index contributed by atoms with van der Waals surface area (Å²) in [5.41, 5.74) is 4.22. The molecule has 0 saturated heterocycles. The highest BCUT2D eigenvalue weighted by Gasteiger charge is 2.26. The van der Waals surface area contributed by atoms with E-state index < -0.39 is 0 Å². The van der Waals surface area contributed by atoms with Crippen molar-refractivity contribution in [3.63, 3.8) is 0 Å². The quantitative estimate of drug-likeness (QED) is 0.821. The van der Waals surface area contributed by atoms with Crippen LogP contribution in [0.15, 0.2) is 18.2 Å². The zero-order valence-electron chi connectivity index (χ0n) is 11.2. The number of aliphatic hydroxyl groups excluding tert-OH is 1. The van der Waals surface area contributed by atoms with Gasteiger partial charge in [0.1, 0.15) is 0 Å². The highest BCUT2D eigenvalue weighted by Crippen LogP contribution is 2.38. The van der Waals surface area contributed by atoms with E-state index in [-0.39, 0.29) is 12.0 Å². The smallest absolute Gasteiger partial charge is 0.0437 e. The van der Waals surface area contributed by atoms with Crippen LogP contribution in [0.25, 0.3) is 0 Å². The van der Waals surface area contributed by atoms with Crippen molar-refractivity contribution in [3.05, 3.63) is 34.9 Å². The fraction of sp³-hybridized carbons (Fsp3) is 0.600. The Balaban J connectivity index is 3.11. The summed E-state index contributed by atoms with van der Waals surface area (Å²) in [6.45, 7) is 11.3. The standard InChI is InChI=1S/C15H24O/c1-11-6-7-13(12(2)10-11)14(8-9-16)15(3,4)5/h6-7,10,14,16H,8-9H2,1-5H3. The minimum atomic E-state index is 0.197. The topological polar surface area (TPSA) is 20.2 Å². The largest absolute Gasteiger partial charge is 0.396 e. The summed E-state index contributed by atoms with van der Waals surface area (Å²) in [6.07, 6.45) is 0.841. The lowest BCUT2D eigenvalue weighted by Gasteiger charge is -2.32. The Bertz CT molecular complexity index is 347. The second kappa shape index (κ2) is 5.01. The third kappa shape index (κ3) is 3.08. The molecule has 1 aromatic rings. The second-order valence-corrected chi connectivity index (χ2v) is 5.79. The molecule has 1 nitrogen and oxygen atoms in total. The van der Waals surface area contributed by atoms with Gasteiger partial charge in [0.25, 0.3) is 0 Å². The van der Waals surface area contributed by atoms with Crippen molar-refractivity contribution in [3.8, 4) is 0 Å². The van der Waals surface area contributed by atoms with Crippen molar-refractivity contribution < 1.29 is 5.11 Å². The fourth-order valence-corrected chi connectivity index (χ4v) is 2.40. The lowest BCUT2D eigenvalue weighted by atomic mass is 9.73. The summed E-state index contributed by atoms with van der Waals surface area (Å²) >= 11 is 0. The SMILES string of the molecule is Cc1ccc(C(CCO)C(C)(C)C)c(C)c1. The number of rotatable bonds is 3. The highest BCUT2D eigenvalue weighted by molar-refractivity contribution is 5.34. The molecule has 0 bridgehead atoms. The van der Waals surface area contributed by atoms with Crippen LogP contribution in [-0.2, 0) is 0 Å². The molecule has 0 radical (unpaired) electrons. The maximum absolute atomic E-state index is 9.21. The van der Waals surface area contributed by atoms with Gasteiger partial charge < -0.3 is 5.11 Å². The highest BCUT2D eigenvalue weighted by atomic mass is 16.3. The molecule has 1 N–H and O–H groups in total. The first-order valence-corrected chi connectivity index (χ1v) is 6.04. The van der Waals surface area contributed by atoms with E-state index in [0.717, 1.165) is 6.42 Å². The molecule has 0 amide bonds. The predicted molar refractivity (Wildman–Crippen MR) is 69.8 cm³/mol. The van der Waals surface area contributed by atoms with E-state index in [2.05, 4.69) is 52.8 Å². The van der Waals surface area contributed by atoms with Gasteiger partial charge in [0.2, 0.25) is 0 Å². The summed E-state index contributed by atoms with van der Waals surface area (Å²) in [5.74, 6) is 0.429. The van der Waals surface area contributed by atoms with Crippen LogP contribution in [0.3, 0.4) is 0 Å². The molecule has 0 heterocycles. The van der Waals surface area contributed by atoms with Crippen molar-refractivity contribution >= 4 is 0 Å². The van der Waals surface area contributed by atoms with E-state index in [0.29, 0.717) is 5.92 Å². The van der Waals surface area contributed by atoms with Crippen LogP contribution in [0.5, 0.6) is 0 Å². The number of hydrogen-bond acceptors (Lipinski definition) is 1. The molecular weight excluding hydrogens is 196 g/mol. The molecule has 90 valence electrons. The monoisotopic (exact) mass is 220 g/mol. The van der Waals surface area contributed by atoms with Gasteiger partial charge in [-0.05, 0) is 42.7 Å². The molecule has 1 heteroatoms. The van der Waals surface area contributed by atoms with E-state index >= 15 is 0 Å². The molecule has 1 rings (SSSR count). The Labute approximate surface area is 99.5 Å².